The van der Waals surface area contributed by atoms with Crippen molar-refractivity contribution in [3.63, 3.8) is 0 Å². The molecule has 2 rings (SSSR count). The molecule has 0 bridgehead atoms. The second-order valence-corrected chi connectivity index (χ2v) is 5.14. The lowest BCUT2D eigenvalue weighted by atomic mass is 10.1. The molecule has 3 N–H and O–H groups in total. The largest absolute Gasteiger partial charge is 0.399 e. The van der Waals surface area contributed by atoms with Gasteiger partial charge in [-0.2, -0.15) is 0 Å². The quantitative estimate of drug-likeness (QED) is 0.746. The van der Waals surface area contributed by atoms with E-state index in [9.17, 15) is 0 Å². The van der Waals surface area contributed by atoms with E-state index in [1.165, 1.54) is 18.4 Å². The molecule has 1 unspecified atom stereocenters. The Morgan fingerprint density at radius 2 is 2.19 bits per heavy atom. The van der Waals surface area contributed by atoms with E-state index >= 15 is 0 Å². The molecule has 0 radical (unpaired) electrons. The van der Waals surface area contributed by atoms with Gasteiger partial charge in [-0.05, 0) is 55.3 Å². The van der Waals surface area contributed by atoms with Gasteiger partial charge in [-0.3, -0.25) is 0 Å². The van der Waals surface area contributed by atoms with Crippen molar-refractivity contribution >= 4 is 5.69 Å². The standard InChI is InChI=1S/C14H22N2/c1-10-3-4-12(7-14(10)15)9-16-8-11(2)13-5-6-13/h3-4,7,11,13,16H,5-6,8-9,15H2,1-2H3. The first kappa shape index (κ1) is 11.5. The number of nitrogen functional groups attached to an aromatic ring is 1. The predicted octanol–water partition coefficient (Wildman–Crippen LogP) is 2.71. The van der Waals surface area contributed by atoms with Crippen LogP contribution in [0.25, 0.3) is 0 Å². The van der Waals surface area contributed by atoms with Crippen LogP contribution in [0.3, 0.4) is 0 Å². The third-order valence-corrected chi connectivity index (χ3v) is 3.57. The van der Waals surface area contributed by atoms with Crippen LogP contribution in [0.1, 0.15) is 30.9 Å². The normalized spacial score (nSPS) is 17.4. The number of nitrogens with one attached hydrogen (secondary N) is 1. The van der Waals surface area contributed by atoms with Gasteiger partial charge >= 0.3 is 0 Å². The monoisotopic (exact) mass is 218 g/mol. The first-order chi connectivity index (χ1) is 7.66. The fourth-order valence-corrected chi connectivity index (χ4v) is 2.08. The Morgan fingerprint density at radius 3 is 2.81 bits per heavy atom. The van der Waals surface area contributed by atoms with E-state index in [0.717, 1.165) is 36.2 Å². The van der Waals surface area contributed by atoms with Gasteiger partial charge < -0.3 is 11.1 Å². The number of benzene rings is 1. The van der Waals surface area contributed by atoms with Gasteiger partial charge in [0.1, 0.15) is 0 Å². The highest BCUT2D eigenvalue weighted by Gasteiger charge is 2.27. The first-order valence-corrected chi connectivity index (χ1v) is 6.22. The number of hydrogen-bond acceptors (Lipinski definition) is 2. The molecular formula is C14H22N2. The van der Waals surface area contributed by atoms with Crippen molar-refractivity contribution in [2.24, 2.45) is 11.8 Å². The average molecular weight is 218 g/mol. The van der Waals surface area contributed by atoms with Crippen molar-refractivity contribution < 1.29 is 0 Å². The molecule has 1 aromatic carbocycles. The van der Waals surface area contributed by atoms with Crippen molar-refractivity contribution in [2.45, 2.75) is 33.2 Å². The summed E-state index contributed by atoms with van der Waals surface area (Å²) in [6, 6.07) is 6.32. The molecule has 16 heavy (non-hydrogen) atoms. The smallest absolute Gasteiger partial charge is 0.0346 e. The average Bonchev–Trinajstić information content (AvgIpc) is 3.07. The summed E-state index contributed by atoms with van der Waals surface area (Å²) in [6.45, 7) is 6.44. The van der Waals surface area contributed by atoms with Crippen LogP contribution in [-0.2, 0) is 6.54 Å². The van der Waals surface area contributed by atoms with Gasteiger partial charge in [0, 0.05) is 12.2 Å². The zero-order valence-corrected chi connectivity index (χ0v) is 10.3. The number of aryl methyl sites for hydroxylation is 1. The van der Waals surface area contributed by atoms with Crippen LogP contribution >= 0.6 is 0 Å². The van der Waals surface area contributed by atoms with Crippen molar-refractivity contribution in [1.29, 1.82) is 0 Å². The van der Waals surface area contributed by atoms with Crippen LogP contribution < -0.4 is 11.1 Å². The molecule has 0 aromatic heterocycles. The van der Waals surface area contributed by atoms with Crippen molar-refractivity contribution in [1.82, 2.24) is 5.32 Å². The van der Waals surface area contributed by atoms with Gasteiger partial charge in [-0.1, -0.05) is 19.1 Å². The summed E-state index contributed by atoms with van der Waals surface area (Å²) in [5.41, 5.74) is 9.23. The molecule has 0 heterocycles. The van der Waals surface area contributed by atoms with E-state index in [2.05, 4.69) is 30.4 Å². The van der Waals surface area contributed by atoms with Gasteiger partial charge in [0.25, 0.3) is 0 Å². The Bertz CT molecular complexity index is 356. The van der Waals surface area contributed by atoms with Crippen molar-refractivity contribution in [3.05, 3.63) is 29.3 Å². The summed E-state index contributed by atoms with van der Waals surface area (Å²) in [5, 5.41) is 3.51. The Balaban J connectivity index is 1.78. The van der Waals surface area contributed by atoms with Gasteiger partial charge in [0.15, 0.2) is 0 Å². The first-order valence-electron chi connectivity index (χ1n) is 6.22. The summed E-state index contributed by atoms with van der Waals surface area (Å²) in [5.74, 6) is 1.80. The highest BCUT2D eigenvalue weighted by molar-refractivity contribution is 5.48. The molecular weight excluding hydrogens is 196 g/mol. The summed E-state index contributed by atoms with van der Waals surface area (Å²) < 4.78 is 0. The maximum Gasteiger partial charge on any atom is 0.0346 e. The highest BCUT2D eigenvalue weighted by atomic mass is 14.9. The summed E-state index contributed by atoms with van der Waals surface area (Å²) in [7, 11) is 0. The Morgan fingerprint density at radius 1 is 1.44 bits per heavy atom. The third-order valence-electron chi connectivity index (χ3n) is 3.57. The zero-order valence-electron chi connectivity index (χ0n) is 10.3. The van der Waals surface area contributed by atoms with E-state index in [1.807, 2.05) is 6.92 Å². The van der Waals surface area contributed by atoms with Crippen LogP contribution in [0.15, 0.2) is 18.2 Å². The fraction of sp³-hybridized carbons (Fsp3) is 0.571. The Hall–Kier alpha value is -1.02. The lowest BCUT2D eigenvalue weighted by Gasteiger charge is -2.12. The maximum atomic E-state index is 5.88. The Labute approximate surface area is 98.2 Å². The molecule has 1 atom stereocenters. The topological polar surface area (TPSA) is 38.0 Å². The molecule has 1 fully saturated rings. The minimum absolute atomic E-state index is 0.822. The number of nitrogens with two attached hydrogens (primary N) is 1. The fourth-order valence-electron chi connectivity index (χ4n) is 2.08. The summed E-state index contributed by atoms with van der Waals surface area (Å²) in [6.07, 6.45) is 2.86. The number of rotatable bonds is 5. The predicted molar refractivity (Wildman–Crippen MR) is 69.2 cm³/mol. The van der Waals surface area contributed by atoms with Gasteiger partial charge in [-0.25, -0.2) is 0 Å². The summed E-state index contributed by atoms with van der Waals surface area (Å²) in [4.78, 5) is 0. The molecule has 0 spiro atoms. The lowest BCUT2D eigenvalue weighted by Crippen LogP contribution is -2.21. The van der Waals surface area contributed by atoms with Gasteiger partial charge in [-0.15, -0.1) is 0 Å². The van der Waals surface area contributed by atoms with E-state index in [1.54, 1.807) is 0 Å². The minimum atomic E-state index is 0.822. The zero-order chi connectivity index (χ0) is 11.5. The molecule has 0 saturated heterocycles. The second kappa shape index (κ2) is 4.88. The van der Waals surface area contributed by atoms with Crippen LogP contribution in [0.4, 0.5) is 5.69 Å². The molecule has 0 amide bonds. The third kappa shape index (κ3) is 2.99. The lowest BCUT2D eigenvalue weighted by molar-refractivity contribution is 0.461. The molecule has 1 aliphatic rings. The molecule has 1 aromatic rings. The molecule has 2 nitrogen and oxygen atoms in total. The van der Waals surface area contributed by atoms with Crippen molar-refractivity contribution in [3.8, 4) is 0 Å². The molecule has 2 heteroatoms. The van der Waals surface area contributed by atoms with Crippen LogP contribution in [0.5, 0.6) is 0 Å². The molecule has 0 aliphatic heterocycles. The minimum Gasteiger partial charge on any atom is -0.399 e. The van der Waals surface area contributed by atoms with Crippen LogP contribution in [0.2, 0.25) is 0 Å². The van der Waals surface area contributed by atoms with Crippen LogP contribution in [0, 0.1) is 18.8 Å². The summed E-state index contributed by atoms with van der Waals surface area (Å²) >= 11 is 0. The van der Waals surface area contributed by atoms with E-state index < -0.39 is 0 Å². The van der Waals surface area contributed by atoms with E-state index in [0.29, 0.717) is 0 Å². The SMILES string of the molecule is Cc1ccc(CNCC(C)C2CC2)cc1N. The van der Waals surface area contributed by atoms with Crippen LogP contribution in [-0.4, -0.2) is 6.54 Å². The van der Waals surface area contributed by atoms with Gasteiger partial charge in [0.2, 0.25) is 0 Å². The van der Waals surface area contributed by atoms with E-state index in [-0.39, 0.29) is 0 Å². The van der Waals surface area contributed by atoms with Gasteiger partial charge in [0.05, 0.1) is 0 Å². The Kier molecular flexibility index (Phi) is 3.49. The van der Waals surface area contributed by atoms with Crippen molar-refractivity contribution in [2.75, 3.05) is 12.3 Å². The molecule has 88 valence electrons. The molecule has 1 aliphatic carbocycles. The molecule has 1 saturated carbocycles. The number of hydrogen-bond donors (Lipinski definition) is 2. The maximum absolute atomic E-state index is 5.88. The number of anilines is 1. The van der Waals surface area contributed by atoms with E-state index in [4.69, 9.17) is 5.73 Å². The second-order valence-electron chi connectivity index (χ2n) is 5.14. The highest BCUT2D eigenvalue weighted by Crippen LogP contribution is 2.36.